The maximum absolute atomic E-state index is 12.6. The Morgan fingerprint density at radius 1 is 1.20 bits per heavy atom. The van der Waals surface area contributed by atoms with Crippen molar-refractivity contribution in [2.75, 3.05) is 17.9 Å². The Kier molecular flexibility index (Phi) is 5.74. The molecule has 3 aromatic rings. The SMILES string of the molecule is Cc1ccc(OCC(=O)N2CCc3ccc(S(=O)(=O)Nc4nccs4)cc3C2)cc1. The third-order valence-electron chi connectivity index (χ3n) is 4.89. The predicted molar refractivity (Wildman–Crippen MR) is 115 cm³/mol. The van der Waals surface area contributed by atoms with Crippen molar-refractivity contribution in [1.29, 1.82) is 0 Å². The second-order valence-corrected chi connectivity index (χ2v) is 9.62. The molecule has 1 aliphatic heterocycles. The van der Waals surface area contributed by atoms with Crippen LogP contribution in [0.15, 0.2) is 58.9 Å². The van der Waals surface area contributed by atoms with Gasteiger partial charge in [-0.25, -0.2) is 13.4 Å². The molecule has 0 fully saturated rings. The molecule has 9 heteroatoms. The molecule has 0 radical (unpaired) electrons. The summed E-state index contributed by atoms with van der Waals surface area (Å²) >= 11 is 1.21. The molecule has 0 spiro atoms. The van der Waals surface area contributed by atoms with Gasteiger partial charge in [-0.3, -0.25) is 9.52 Å². The first-order chi connectivity index (χ1) is 14.4. The molecular weight excluding hydrogens is 422 g/mol. The Hall–Kier alpha value is -2.91. The van der Waals surface area contributed by atoms with E-state index in [0.29, 0.717) is 30.4 Å². The van der Waals surface area contributed by atoms with Crippen molar-refractivity contribution in [3.05, 3.63) is 70.7 Å². The van der Waals surface area contributed by atoms with E-state index < -0.39 is 10.0 Å². The van der Waals surface area contributed by atoms with Gasteiger partial charge in [0, 0.05) is 24.7 Å². The van der Waals surface area contributed by atoms with Gasteiger partial charge >= 0.3 is 0 Å². The lowest BCUT2D eigenvalue weighted by molar-refractivity contribution is -0.134. The number of hydrogen-bond donors (Lipinski definition) is 1. The third-order valence-corrected chi connectivity index (χ3v) is 7.04. The Balaban J connectivity index is 1.44. The molecule has 2 heterocycles. The van der Waals surface area contributed by atoms with Crippen molar-refractivity contribution in [3.63, 3.8) is 0 Å². The number of ether oxygens (including phenoxy) is 1. The highest BCUT2D eigenvalue weighted by Gasteiger charge is 2.24. The first-order valence-corrected chi connectivity index (χ1v) is 11.8. The Morgan fingerprint density at radius 3 is 2.73 bits per heavy atom. The van der Waals surface area contributed by atoms with E-state index >= 15 is 0 Å². The van der Waals surface area contributed by atoms with Gasteiger partial charge in [-0.1, -0.05) is 23.8 Å². The number of rotatable bonds is 6. The maximum atomic E-state index is 12.6. The molecule has 1 N–H and O–H groups in total. The molecule has 2 aromatic carbocycles. The van der Waals surface area contributed by atoms with Crippen molar-refractivity contribution >= 4 is 32.4 Å². The van der Waals surface area contributed by atoms with E-state index in [0.717, 1.165) is 16.7 Å². The van der Waals surface area contributed by atoms with Gasteiger partial charge in [-0.2, -0.15) is 0 Å². The number of aryl methyl sites for hydroxylation is 1. The fourth-order valence-corrected chi connectivity index (χ4v) is 5.07. The lowest BCUT2D eigenvalue weighted by Gasteiger charge is -2.29. The van der Waals surface area contributed by atoms with E-state index in [2.05, 4.69) is 9.71 Å². The summed E-state index contributed by atoms with van der Waals surface area (Å²) in [5, 5.41) is 2.02. The fraction of sp³-hybridized carbons (Fsp3) is 0.238. The Morgan fingerprint density at radius 2 is 2.00 bits per heavy atom. The number of nitrogens with zero attached hydrogens (tertiary/aromatic N) is 2. The molecule has 156 valence electrons. The smallest absolute Gasteiger partial charge is 0.263 e. The van der Waals surface area contributed by atoms with Gasteiger partial charge in [0.1, 0.15) is 5.75 Å². The van der Waals surface area contributed by atoms with Gasteiger partial charge in [0.05, 0.1) is 4.90 Å². The number of benzene rings is 2. The number of carbonyl (C=O) groups is 1. The first-order valence-electron chi connectivity index (χ1n) is 9.42. The quantitative estimate of drug-likeness (QED) is 0.632. The second kappa shape index (κ2) is 8.45. The number of aromatic nitrogens is 1. The van der Waals surface area contributed by atoms with Gasteiger partial charge < -0.3 is 9.64 Å². The average Bonchev–Trinajstić information content (AvgIpc) is 3.24. The summed E-state index contributed by atoms with van der Waals surface area (Å²) in [5.74, 6) is 0.517. The van der Waals surface area contributed by atoms with Crippen LogP contribution >= 0.6 is 11.3 Å². The highest BCUT2D eigenvalue weighted by Crippen LogP contribution is 2.25. The summed E-state index contributed by atoms with van der Waals surface area (Å²) in [6.07, 6.45) is 2.21. The number of anilines is 1. The summed E-state index contributed by atoms with van der Waals surface area (Å²) < 4.78 is 33.4. The zero-order chi connectivity index (χ0) is 21.1. The van der Waals surface area contributed by atoms with Gasteiger partial charge in [-0.05, 0) is 48.7 Å². The molecule has 1 amide bonds. The average molecular weight is 444 g/mol. The number of thiazole rings is 1. The number of carbonyl (C=O) groups excluding carboxylic acids is 1. The molecule has 1 aliphatic rings. The lowest BCUT2D eigenvalue weighted by Crippen LogP contribution is -2.39. The van der Waals surface area contributed by atoms with Crippen LogP contribution in [0.1, 0.15) is 16.7 Å². The summed E-state index contributed by atoms with van der Waals surface area (Å²) in [5.41, 5.74) is 3.00. The van der Waals surface area contributed by atoms with Crippen LogP contribution in [0.4, 0.5) is 5.13 Å². The number of nitrogens with one attached hydrogen (secondary N) is 1. The molecule has 30 heavy (non-hydrogen) atoms. The Labute approximate surface area is 179 Å². The van der Waals surface area contributed by atoms with Gasteiger partial charge in [0.2, 0.25) is 0 Å². The highest BCUT2D eigenvalue weighted by atomic mass is 32.2. The van der Waals surface area contributed by atoms with Crippen molar-refractivity contribution < 1.29 is 17.9 Å². The topological polar surface area (TPSA) is 88.6 Å². The van der Waals surface area contributed by atoms with Crippen LogP contribution in [0, 0.1) is 6.92 Å². The summed E-state index contributed by atoms with van der Waals surface area (Å²) in [4.78, 5) is 18.4. The summed E-state index contributed by atoms with van der Waals surface area (Å²) in [6, 6.07) is 12.6. The van der Waals surface area contributed by atoms with Crippen LogP contribution in [0.25, 0.3) is 0 Å². The van der Waals surface area contributed by atoms with Crippen LogP contribution in [-0.2, 0) is 27.8 Å². The highest BCUT2D eigenvalue weighted by molar-refractivity contribution is 7.93. The molecule has 0 saturated carbocycles. The lowest BCUT2D eigenvalue weighted by atomic mass is 10.00. The minimum atomic E-state index is -3.73. The van der Waals surface area contributed by atoms with Crippen molar-refractivity contribution in [1.82, 2.24) is 9.88 Å². The first kappa shape index (κ1) is 20.4. The van der Waals surface area contributed by atoms with Gasteiger partial charge in [0.15, 0.2) is 11.7 Å². The van der Waals surface area contributed by atoms with Crippen molar-refractivity contribution in [3.8, 4) is 5.75 Å². The molecule has 0 aliphatic carbocycles. The van der Waals surface area contributed by atoms with Crippen LogP contribution in [-0.4, -0.2) is 37.4 Å². The normalized spacial score (nSPS) is 13.6. The van der Waals surface area contributed by atoms with Crippen LogP contribution in [0.3, 0.4) is 0 Å². The van der Waals surface area contributed by atoms with Gasteiger partial charge in [0.25, 0.3) is 15.9 Å². The van der Waals surface area contributed by atoms with Crippen molar-refractivity contribution in [2.24, 2.45) is 0 Å². The van der Waals surface area contributed by atoms with E-state index in [4.69, 9.17) is 4.74 Å². The number of hydrogen-bond acceptors (Lipinski definition) is 6. The molecule has 7 nitrogen and oxygen atoms in total. The number of sulfonamides is 1. The monoisotopic (exact) mass is 443 g/mol. The number of fused-ring (bicyclic) bond motifs is 1. The molecule has 0 atom stereocenters. The molecular formula is C21H21N3O4S2. The Bertz CT molecular complexity index is 1140. The van der Waals surface area contributed by atoms with Crippen LogP contribution < -0.4 is 9.46 Å². The molecule has 0 saturated heterocycles. The largest absolute Gasteiger partial charge is 0.484 e. The summed E-state index contributed by atoms with van der Waals surface area (Å²) in [6.45, 7) is 2.86. The molecule has 0 unspecified atom stereocenters. The molecule has 0 bridgehead atoms. The predicted octanol–water partition coefficient (Wildman–Crippen LogP) is 3.22. The molecule has 4 rings (SSSR count). The fourth-order valence-electron chi connectivity index (χ4n) is 3.23. The van der Waals surface area contributed by atoms with Crippen LogP contribution in [0.5, 0.6) is 5.75 Å². The second-order valence-electron chi connectivity index (χ2n) is 7.04. The zero-order valence-corrected chi connectivity index (χ0v) is 18.0. The molecule has 1 aromatic heterocycles. The minimum Gasteiger partial charge on any atom is -0.484 e. The zero-order valence-electron chi connectivity index (χ0n) is 16.4. The maximum Gasteiger partial charge on any atom is 0.263 e. The van der Waals surface area contributed by atoms with E-state index in [9.17, 15) is 13.2 Å². The van der Waals surface area contributed by atoms with E-state index in [1.54, 1.807) is 22.4 Å². The summed E-state index contributed by atoms with van der Waals surface area (Å²) in [7, 11) is -3.73. The van der Waals surface area contributed by atoms with Crippen LogP contribution in [0.2, 0.25) is 0 Å². The van der Waals surface area contributed by atoms with Gasteiger partial charge in [-0.15, -0.1) is 11.3 Å². The van der Waals surface area contributed by atoms with E-state index in [-0.39, 0.29) is 17.4 Å². The van der Waals surface area contributed by atoms with E-state index in [1.807, 2.05) is 37.3 Å². The number of amides is 1. The van der Waals surface area contributed by atoms with E-state index in [1.165, 1.54) is 17.5 Å². The minimum absolute atomic E-state index is 0.0536. The van der Waals surface area contributed by atoms with Crippen molar-refractivity contribution in [2.45, 2.75) is 24.8 Å². The third kappa shape index (κ3) is 4.63. The standard InChI is InChI=1S/C21H21N3O4S2/c1-15-2-5-18(6-3-15)28-14-20(25)24-10-8-16-4-7-19(12-17(16)13-24)30(26,27)23-21-22-9-11-29-21/h2-7,9,11-12H,8,10,13-14H2,1H3,(H,22,23).